The van der Waals surface area contributed by atoms with Crippen LogP contribution < -0.4 is 10.6 Å². The number of carbonyl (C=O) groups excluding carboxylic acids is 3. The SMILES string of the molecule is Cc1ccc(-c2ccc3c(c2)CN(CC2(C)NC(=O)NC2=O)C(=O)C3)cc1. The summed E-state index contributed by atoms with van der Waals surface area (Å²) in [6, 6.07) is 14.0. The summed E-state index contributed by atoms with van der Waals surface area (Å²) in [5.41, 5.74) is 4.41. The Morgan fingerprint density at radius 3 is 2.37 bits per heavy atom. The number of hydrogen-bond donors (Lipinski definition) is 2. The van der Waals surface area contributed by atoms with E-state index in [1.54, 1.807) is 11.8 Å². The van der Waals surface area contributed by atoms with E-state index in [4.69, 9.17) is 0 Å². The highest BCUT2D eigenvalue weighted by Gasteiger charge is 2.44. The van der Waals surface area contributed by atoms with Crippen molar-refractivity contribution >= 4 is 17.8 Å². The Morgan fingerprint density at radius 1 is 1.00 bits per heavy atom. The van der Waals surface area contributed by atoms with Gasteiger partial charge in [-0.05, 0) is 42.2 Å². The maximum absolute atomic E-state index is 12.5. The monoisotopic (exact) mass is 363 g/mol. The number of imide groups is 1. The van der Waals surface area contributed by atoms with E-state index < -0.39 is 17.5 Å². The summed E-state index contributed by atoms with van der Waals surface area (Å²) < 4.78 is 0. The molecule has 0 saturated carbocycles. The standard InChI is InChI=1S/C21H21N3O3/c1-13-3-5-14(6-4-13)15-7-8-16-10-18(25)24(11-17(16)9-15)12-21(2)19(26)22-20(27)23-21/h3-9H,10-12H2,1-2H3,(H2,22,23,26,27). The molecule has 2 aromatic carbocycles. The normalized spacial score (nSPS) is 21.7. The zero-order chi connectivity index (χ0) is 19.2. The fraction of sp³-hybridized carbons (Fsp3) is 0.286. The molecule has 1 atom stereocenters. The van der Waals surface area contributed by atoms with E-state index in [9.17, 15) is 14.4 Å². The van der Waals surface area contributed by atoms with Crippen molar-refractivity contribution in [1.29, 1.82) is 0 Å². The van der Waals surface area contributed by atoms with Gasteiger partial charge in [-0.1, -0.05) is 42.0 Å². The van der Waals surface area contributed by atoms with Gasteiger partial charge >= 0.3 is 6.03 Å². The third kappa shape index (κ3) is 3.18. The molecular weight excluding hydrogens is 342 g/mol. The third-order valence-corrected chi connectivity index (χ3v) is 5.27. The lowest BCUT2D eigenvalue weighted by atomic mass is 9.92. The van der Waals surface area contributed by atoms with Crippen LogP contribution in [0.4, 0.5) is 4.79 Å². The highest BCUT2D eigenvalue weighted by molar-refractivity contribution is 6.07. The van der Waals surface area contributed by atoms with Gasteiger partial charge in [0.1, 0.15) is 5.54 Å². The van der Waals surface area contributed by atoms with Crippen LogP contribution in [0.25, 0.3) is 11.1 Å². The molecule has 6 heteroatoms. The smallest absolute Gasteiger partial charge is 0.322 e. The van der Waals surface area contributed by atoms with Crippen LogP contribution in [0.15, 0.2) is 42.5 Å². The Balaban J connectivity index is 1.59. The Morgan fingerprint density at radius 2 is 1.70 bits per heavy atom. The van der Waals surface area contributed by atoms with E-state index >= 15 is 0 Å². The van der Waals surface area contributed by atoms with E-state index in [2.05, 4.69) is 47.9 Å². The molecule has 0 bridgehead atoms. The molecule has 0 aliphatic carbocycles. The molecule has 1 fully saturated rings. The maximum Gasteiger partial charge on any atom is 0.322 e. The summed E-state index contributed by atoms with van der Waals surface area (Å²) in [6.45, 7) is 4.27. The lowest BCUT2D eigenvalue weighted by Gasteiger charge is -2.34. The van der Waals surface area contributed by atoms with Crippen LogP contribution in [0.5, 0.6) is 0 Å². The molecule has 1 unspecified atom stereocenters. The molecule has 0 radical (unpaired) electrons. The fourth-order valence-corrected chi connectivity index (χ4v) is 3.66. The highest BCUT2D eigenvalue weighted by Crippen LogP contribution is 2.28. The van der Waals surface area contributed by atoms with E-state index in [1.807, 2.05) is 12.1 Å². The van der Waals surface area contributed by atoms with Crippen LogP contribution >= 0.6 is 0 Å². The van der Waals surface area contributed by atoms with Crippen molar-refractivity contribution in [3.63, 3.8) is 0 Å². The number of hydrogen-bond acceptors (Lipinski definition) is 3. The molecule has 0 spiro atoms. The van der Waals surface area contributed by atoms with Gasteiger partial charge in [0.05, 0.1) is 13.0 Å². The van der Waals surface area contributed by atoms with E-state index in [0.29, 0.717) is 13.0 Å². The number of benzene rings is 2. The molecule has 6 nitrogen and oxygen atoms in total. The van der Waals surface area contributed by atoms with Crippen LogP contribution in [0.3, 0.4) is 0 Å². The second-order valence-electron chi connectivity index (χ2n) is 7.52. The van der Waals surface area contributed by atoms with E-state index in [1.165, 1.54) is 5.56 Å². The minimum absolute atomic E-state index is 0.0410. The Bertz CT molecular complexity index is 952. The number of amides is 4. The Kier molecular flexibility index (Phi) is 3.98. The van der Waals surface area contributed by atoms with Crippen LogP contribution in [0, 0.1) is 6.92 Å². The number of urea groups is 1. The second-order valence-corrected chi connectivity index (χ2v) is 7.52. The van der Waals surface area contributed by atoms with E-state index in [0.717, 1.165) is 22.3 Å². The van der Waals surface area contributed by atoms with Crippen molar-refractivity contribution in [3.8, 4) is 11.1 Å². The third-order valence-electron chi connectivity index (χ3n) is 5.27. The molecule has 2 aliphatic heterocycles. The Hall–Kier alpha value is -3.15. The fourth-order valence-electron chi connectivity index (χ4n) is 3.66. The number of aryl methyl sites for hydroxylation is 1. The van der Waals surface area contributed by atoms with Crippen molar-refractivity contribution in [2.24, 2.45) is 0 Å². The van der Waals surface area contributed by atoms with Crippen LogP contribution in [0.2, 0.25) is 0 Å². The maximum atomic E-state index is 12.5. The summed E-state index contributed by atoms with van der Waals surface area (Å²) in [5, 5.41) is 4.86. The van der Waals surface area contributed by atoms with Gasteiger partial charge in [-0.15, -0.1) is 0 Å². The molecule has 2 heterocycles. The lowest BCUT2D eigenvalue weighted by molar-refractivity contribution is -0.134. The predicted octanol–water partition coefficient (Wildman–Crippen LogP) is 2.14. The van der Waals surface area contributed by atoms with Crippen LogP contribution in [-0.2, 0) is 22.6 Å². The number of nitrogens with one attached hydrogen (secondary N) is 2. The van der Waals surface area contributed by atoms with Crippen molar-refractivity contribution in [3.05, 3.63) is 59.2 Å². The average molecular weight is 363 g/mol. The summed E-state index contributed by atoms with van der Waals surface area (Å²) in [7, 11) is 0. The van der Waals surface area contributed by atoms with Crippen LogP contribution in [0.1, 0.15) is 23.6 Å². The van der Waals surface area contributed by atoms with Crippen molar-refractivity contribution < 1.29 is 14.4 Å². The highest BCUT2D eigenvalue weighted by atomic mass is 16.2. The second kappa shape index (κ2) is 6.23. The first kappa shape index (κ1) is 17.3. The van der Waals surface area contributed by atoms with Gasteiger partial charge in [-0.3, -0.25) is 14.9 Å². The quantitative estimate of drug-likeness (QED) is 0.820. The Labute approximate surface area is 157 Å². The van der Waals surface area contributed by atoms with Gasteiger partial charge in [0, 0.05) is 6.54 Å². The molecule has 138 valence electrons. The van der Waals surface area contributed by atoms with Gasteiger partial charge in [0.25, 0.3) is 5.91 Å². The van der Waals surface area contributed by atoms with Crippen molar-refractivity contribution in [2.45, 2.75) is 32.4 Å². The van der Waals surface area contributed by atoms with Gasteiger partial charge in [0.2, 0.25) is 5.91 Å². The predicted molar refractivity (Wildman–Crippen MR) is 101 cm³/mol. The van der Waals surface area contributed by atoms with Gasteiger partial charge in [-0.2, -0.15) is 0 Å². The molecule has 27 heavy (non-hydrogen) atoms. The molecule has 0 aromatic heterocycles. The first-order chi connectivity index (χ1) is 12.8. The largest absolute Gasteiger partial charge is 0.335 e. The first-order valence-electron chi connectivity index (χ1n) is 8.94. The minimum atomic E-state index is -1.10. The lowest BCUT2D eigenvalue weighted by Crippen LogP contribution is -2.55. The molecule has 4 rings (SSSR count). The number of nitrogens with zero attached hydrogens (tertiary/aromatic N) is 1. The zero-order valence-corrected chi connectivity index (χ0v) is 15.3. The van der Waals surface area contributed by atoms with Crippen molar-refractivity contribution in [2.75, 3.05) is 6.54 Å². The van der Waals surface area contributed by atoms with Crippen LogP contribution in [-0.4, -0.2) is 34.8 Å². The van der Waals surface area contributed by atoms with Crippen molar-refractivity contribution in [1.82, 2.24) is 15.5 Å². The molecular formula is C21H21N3O3. The summed E-state index contributed by atoms with van der Waals surface area (Å²) >= 11 is 0. The first-order valence-corrected chi connectivity index (χ1v) is 8.94. The molecule has 1 saturated heterocycles. The summed E-state index contributed by atoms with van der Waals surface area (Å²) in [5.74, 6) is -0.444. The van der Waals surface area contributed by atoms with Gasteiger partial charge < -0.3 is 10.2 Å². The molecule has 2 aromatic rings. The van der Waals surface area contributed by atoms with Gasteiger partial charge in [0.15, 0.2) is 0 Å². The number of carbonyl (C=O) groups is 3. The minimum Gasteiger partial charge on any atom is -0.335 e. The summed E-state index contributed by atoms with van der Waals surface area (Å²) in [6.07, 6.45) is 0.301. The van der Waals surface area contributed by atoms with E-state index in [-0.39, 0.29) is 12.5 Å². The number of rotatable bonds is 3. The van der Waals surface area contributed by atoms with Gasteiger partial charge in [-0.25, -0.2) is 4.79 Å². The molecule has 2 N–H and O–H groups in total. The topological polar surface area (TPSA) is 78.5 Å². The summed E-state index contributed by atoms with van der Waals surface area (Å²) in [4.78, 5) is 37.7. The molecule has 4 amide bonds. The zero-order valence-electron chi connectivity index (χ0n) is 15.3. The average Bonchev–Trinajstić information content (AvgIpc) is 2.87. The number of fused-ring (bicyclic) bond motifs is 1. The molecule has 2 aliphatic rings.